The molecule has 128 valence electrons. The average molecular weight is 416 g/mol. The fourth-order valence-corrected chi connectivity index (χ4v) is 4.31. The zero-order chi connectivity index (χ0) is 17.4. The van der Waals surface area contributed by atoms with Crippen molar-refractivity contribution in [2.24, 2.45) is 0 Å². The van der Waals surface area contributed by atoms with E-state index in [1.165, 1.54) is 9.71 Å². The minimum Gasteiger partial charge on any atom is -0.325 e. The molecule has 3 aromatic rings. The molecule has 1 fully saturated rings. The van der Waals surface area contributed by atoms with Gasteiger partial charge in [0.05, 0.1) is 21.3 Å². The Balaban J connectivity index is 1.36. The second-order valence-corrected chi connectivity index (χ2v) is 8.32. The number of benzene rings is 2. The third-order valence-electron chi connectivity index (χ3n) is 4.61. The van der Waals surface area contributed by atoms with E-state index in [0.717, 1.165) is 28.8 Å². The summed E-state index contributed by atoms with van der Waals surface area (Å²) < 4.78 is 2.23. The number of anilines is 1. The second-order valence-electron chi connectivity index (χ2n) is 6.34. The number of hydrogen-bond acceptors (Lipinski definition) is 4. The monoisotopic (exact) mass is 415 g/mol. The lowest BCUT2D eigenvalue weighted by Gasteiger charge is -2.41. The topological polar surface area (TPSA) is 45.2 Å². The van der Waals surface area contributed by atoms with Crippen LogP contribution in [0.25, 0.3) is 10.2 Å². The van der Waals surface area contributed by atoms with Gasteiger partial charge in [-0.1, -0.05) is 28.1 Å². The molecule has 0 spiro atoms. The molecule has 0 radical (unpaired) electrons. The SMILES string of the molecule is C[C@H](C(=O)Nc1ccc(Br)cc1)N1CC(c2nc3ccccc3s2)C1. The molecule has 0 bridgehead atoms. The predicted molar refractivity (Wildman–Crippen MR) is 106 cm³/mol. The number of fused-ring (bicyclic) bond motifs is 1. The summed E-state index contributed by atoms with van der Waals surface area (Å²) in [6, 6.07) is 15.7. The van der Waals surface area contributed by atoms with Crippen LogP contribution >= 0.6 is 27.3 Å². The van der Waals surface area contributed by atoms with Crippen molar-refractivity contribution in [3.8, 4) is 0 Å². The third kappa shape index (κ3) is 3.47. The zero-order valence-electron chi connectivity index (χ0n) is 13.8. The summed E-state index contributed by atoms with van der Waals surface area (Å²) in [5, 5.41) is 4.16. The van der Waals surface area contributed by atoms with E-state index >= 15 is 0 Å². The summed E-state index contributed by atoms with van der Waals surface area (Å²) in [4.78, 5) is 19.4. The van der Waals surface area contributed by atoms with E-state index < -0.39 is 0 Å². The van der Waals surface area contributed by atoms with Crippen LogP contribution in [0.15, 0.2) is 53.0 Å². The van der Waals surface area contributed by atoms with Crippen LogP contribution in [0.5, 0.6) is 0 Å². The maximum absolute atomic E-state index is 12.4. The van der Waals surface area contributed by atoms with Crippen LogP contribution in [-0.4, -0.2) is 34.9 Å². The normalized spacial score (nSPS) is 16.6. The van der Waals surface area contributed by atoms with Crippen molar-refractivity contribution in [1.29, 1.82) is 0 Å². The van der Waals surface area contributed by atoms with Gasteiger partial charge in [0.2, 0.25) is 5.91 Å². The number of nitrogens with zero attached hydrogens (tertiary/aromatic N) is 2. The molecule has 1 amide bonds. The maximum Gasteiger partial charge on any atom is 0.241 e. The summed E-state index contributed by atoms with van der Waals surface area (Å²) >= 11 is 5.16. The molecule has 1 saturated heterocycles. The summed E-state index contributed by atoms with van der Waals surface area (Å²) in [5.74, 6) is 0.463. The summed E-state index contributed by atoms with van der Waals surface area (Å²) in [6.45, 7) is 3.73. The Morgan fingerprint density at radius 2 is 1.96 bits per heavy atom. The minimum atomic E-state index is -0.144. The first-order valence-corrected chi connectivity index (χ1v) is 9.87. The molecule has 4 nitrogen and oxygen atoms in total. The van der Waals surface area contributed by atoms with Gasteiger partial charge in [-0.05, 0) is 43.3 Å². The highest BCUT2D eigenvalue weighted by Crippen LogP contribution is 2.34. The molecular formula is C19H18BrN3OS. The van der Waals surface area contributed by atoms with Gasteiger partial charge in [0.15, 0.2) is 0 Å². The van der Waals surface area contributed by atoms with Crippen molar-refractivity contribution in [2.45, 2.75) is 18.9 Å². The number of halogens is 1. The number of amides is 1. The van der Waals surface area contributed by atoms with Crippen LogP contribution in [-0.2, 0) is 4.79 Å². The number of para-hydroxylation sites is 1. The van der Waals surface area contributed by atoms with E-state index in [4.69, 9.17) is 4.98 Å². The van der Waals surface area contributed by atoms with Crippen molar-refractivity contribution < 1.29 is 4.79 Å². The Bertz CT molecular complexity index is 869. The van der Waals surface area contributed by atoms with E-state index in [0.29, 0.717) is 5.92 Å². The molecule has 0 unspecified atom stereocenters. The first kappa shape index (κ1) is 16.7. The lowest BCUT2D eigenvalue weighted by Crippen LogP contribution is -2.53. The fraction of sp³-hybridized carbons (Fsp3) is 0.263. The van der Waals surface area contributed by atoms with E-state index in [9.17, 15) is 4.79 Å². The summed E-state index contributed by atoms with van der Waals surface area (Å²) in [5.41, 5.74) is 1.89. The van der Waals surface area contributed by atoms with Crippen molar-refractivity contribution in [1.82, 2.24) is 9.88 Å². The first-order chi connectivity index (χ1) is 12.1. The maximum atomic E-state index is 12.4. The Kier molecular flexibility index (Phi) is 4.58. The van der Waals surface area contributed by atoms with Crippen LogP contribution in [0.1, 0.15) is 17.8 Å². The zero-order valence-corrected chi connectivity index (χ0v) is 16.2. The molecule has 1 aliphatic rings. The molecule has 2 heterocycles. The minimum absolute atomic E-state index is 0.0325. The number of rotatable bonds is 4. The molecular weight excluding hydrogens is 398 g/mol. The van der Waals surface area contributed by atoms with Gasteiger partial charge in [0.25, 0.3) is 0 Å². The Morgan fingerprint density at radius 3 is 2.68 bits per heavy atom. The molecule has 4 rings (SSSR count). The molecule has 1 aliphatic heterocycles. The number of aromatic nitrogens is 1. The number of carbonyl (C=O) groups is 1. The van der Waals surface area contributed by atoms with Crippen LogP contribution in [0, 0.1) is 0 Å². The van der Waals surface area contributed by atoms with Gasteiger partial charge >= 0.3 is 0 Å². The molecule has 1 atom stereocenters. The number of likely N-dealkylation sites (tertiary alicyclic amines) is 1. The van der Waals surface area contributed by atoms with Gasteiger partial charge in [0, 0.05) is 29.2 Å². The molecule has 1 N–H and O–H groups in total. The Morgan fingerprint density at radius 1 is 1.24 bits per heavy atom. The molecule has 1 aromatic heterocycles. The first-order valence-electron chi connectivity index (χ1n) is 8.26. The van der Waals surface area contributed by atoms with Gasteiger partial charge in [0.1, 0.15) is 0 Å². The van der Waals surface area contributed by atoms with Gasteiger partial charge in [-0.15, -0.1) is 11.3 Å². The lowest BCUT2D eigenvalue weighted by atomic mass is 9.98. The second kappa shape index (κ2) is 6.86. The van der Waals surface area contributed by atoms with Crippen molar-refractivity contribution in [3.05, 3.63) is 58.0 Å². The van der Waals surface area contributed by atoms with Crippen molar-refractivity contribution in [2.75, 3.05) is 18.4 Å². The van der Waals surface area contributed by atoms with Gasteiger partial charge in [-0.2, -0.15) is 0 Å². The average Bonchev–Trinajstić information content (AvgIpc) is 2.98. The summed E-state index contributed by atoms with van der Waals surface area (Å²) in [7, 11) is 0. The largest absolute Gasteiger partial charge is 0.325 e. The van der Waals surface area contributed by atoms with E-state index in [-0.39, 0.29) is 11.9 Å². The number of hydrogen-bond donors (Lipinski definition) is 1. The molecule has 2 aromatic carbocycles. The van der Waals surface area contributed by atoms with Crippen LogP contribution in [0.4, 0.5) is 5.69 Å². The van der Waals surface area contributed by atoms with Gasteiger partial charge < -0.3 is 5.32 Å². The van der Waals surface area contributed by atoms with E-state index in [1.807, 2.05) is 43.3 Å². The quantitative estimate of drug-likeness (QED) is 0.682. The highest BCUT2D eigenvalue weighted by molar-refractivity contribution is 9.10. The van der Waals surface area contributed by atoms with Gasteiger partial charge in [-0.3, -0.25) is 9.69 Å². The molecule has 6 heteroatoms. The van der Waals surface area contributed by atoms with Crippen LogP contribution in [0.3, 0.4) is 0 Å². The molecule has 0 saturated carbocycles. The third-order valence-corrected chi connectivity index (χ3v) is 6.34. The van der Waals surface area contributed by atoms with Crippen molar-refractivity contribution >= 4 is 49.1 Å². The fourth-order valence-electron chi connectivity index (χ4n) is 3.00. The number of thiazole rings is 1. The predicted octanol–water partition coefficient (Wildman–Crippen LogP) is 4.49. The summed E-state index contributed by atoms with van der Waals surface area (Å²) in [6.07, 6.45) is 0. The number of carbonyl (C=O) groups excluding carboxylic acids is 1. The van der Waals surface area contributed by atoms with Crippen molar-refractivity contribution in [3.63, 3.8) is 0 Å². The lowest BCUT2D eigenvalue weighted by molar-refractivity contribution is -0.122. The smallest absolute Gasteiger partial charge is 0.241 e. The highest BCUT2D eigenvalue weighted by atomic mass is 79.9. The van der Waals surface area contributed by atoms with Crippen LogP contribution in [0.2, 0.25) is 0 Å². The Labute approximate surface area is 159 Å². The van der Waals surface area contributed by atoms with Crippen LogP contribution < -0.4 is 5.32 Å². The Hall–Kier alpha value is -1.76. The number of nitrogens with one attached hydrogen (secondary N) is 1. The standard InChI is InChI=1S/C19H18BrN3OS/c1-12(18(24)21-15-8-6-14(20)7-9-15)23-10-13(11-23)19-22-16-4-2-3-5-17(16)25-19/h2-9,12-13H,10-11H2,1H3,(H,21,24)/t12-/m1/s1. The molecule has 0 aliphatic carbocycles. The van der Waals surface area contributed by atoms with Gasteiger partial charge in [-0.25, -0.2) is 4.98 Å². The highest BCUT2D eigenvalue weighted by Gasteiger charge is 2.36. The molecule has 25 heavy (non-hydrogen) atoms. The van der Waals surface area contributed by atoms with E-state index in [1.54, 1.807) is 11.3 Å². The van der Waals surface area contributed by atoms with E-state index in [2.05, 4.69) is 38.3 Å².